The Morgan fingerprint density at radius 1 is 0.861 bits per heavy atom. The number of aliphatic hydroxyl groups is 1. The summed E-state index contributed by atoms with van der Waals surface area (Å²) in [6, 6.07) is 0. The second-order valence-corrected chi connectivity index (χ2v) is 10.4. The number of methoxy groups -OCH3 is 2. The van der Waals surface area contributed by atoms with Crippen molar-refractivity contribution in [3.8, 4) is 0 Å². The normalized spacial score (nSPS) is 21.9. The van der Waals surface area contributed by atoms with Crippen molar-refractivity contribution in [1.82, 2.24) is 0 Å². The van der Waals surface area contributed by atoms with Gasteiger partial charge < -0.3 is 28.8 Å². The van der Waals surface area contributed by atoms with Gasteiger partial charge in [0.2, 0.25) is 0 Å². The van der Waals surface area contributed by atoms with Crippen molar-refractivity contribution in [1.29, 1.82) is 0 Å². The van der Waals surface area contributed by atoms with Crippen molar-refractivity contribution < 1.29 is 28.8 Å². The Kier molecular flexibility index (Phi) is 22.0. The van der Waals surface area contributed by atoms with Gasteiger partial charge in [-0.1, -0.05) is 90.0 Å². The van der Waals surface area contributed by atoms with Gasteiger partial charge in [-0.15, -0.1) is 6.58 Å². The van der Waals surface area contributed by atoms with E-state index in [1.807, 2.05) is 0 Å². The average Bonchev–Trinajstić information content (AvgIpc) is 2.88. The van der Waals surface area contributed by atoms with Crippen LogP contribution in [-0.4, -0.2) is 63.4 Å². The third-order valence-corrected chi connectivity index (χ3v) is 7.28. The van der Waals surface area contributed by atoms with Gasteiger partial charge in [-0.3, -0.25) is 0 Å². The quantitative estimate of drug-likeness (QED) is 0.0782. The van der Waals surface area contributed by atoms with Crippen LogP contribution in [-0.2, 0) is 23.7 Å². The molecule has 0 spiro atoms. The topological polar surface area (TPSA) is 66.4 Å². The highest BCUT2D eigenvalue weighted by atomic mass is 16.7. The summed E-state index contributed by atoms with van der Waals surface area (Å²) in [6.45, 7) is 6.53. The Labute approximate surface area is 222 Å². The van der Waals surface area contributed by atoms with Crippen molar-refractivity contribution in [3.05, 3.63) is 12.7 Å². The number of aliphatic hydroxyl groups excluding tert-OH is 1. The molecule has 1 fully saturated rings. The molecule has 5 atom stereocenters. The fourth-order valence-corrected chi connectivity index (χ4v) is 5.15. The van der Waals surface area contributed by atoms with Gasteiger partial charge in [-0.25, -0.2) is 0 Å². The monoisotopic (exact) mass is 514 g/mol. The second-order valence-electron chi connectivity index (χ2n) is 10.4. The molecule has 214 valence electrons. The Bertz CT molecular complexity index is 488. The lowest BCUT2D eigenvalue weighted by Crippen LogP contribution is -2.46. The molecule has 0 aromatic rings. The molecule has 0 aromatic carbocycles. The van der Waals surface area contributed by atoms with Gasteiger partial charge in [-0.05, 0) is 38.5 Å². The van der Waals surface area contributed by atoms with E-state index < -0.39 is 6.10 Å². The molecule has 1 heterocycles. The van der Waals surface area contributed by atoms with Crippen LogP contribution >= 0.6 is 0 Å². The predicted molar refractivity (Wildman–Crippen MR) is 147 cm³/mol. The lowest BCUT2D eigenvalue weighted by molar-refractivity contribution is -0.209. The molecule has 6 nitrogen and oxygen atoms in total. The van der Waals surface area contributed by atoms with Crippen molar-refractivity contribution in [3.63, 3.8) is 0 Å². The molecule has 0 bridgehead atoms. The minimum absolute atomic E-state index is 0.0131. The maximum atomic E-state index is 10.2. The maximum absolute atomic E-state index is 10.2. The van der Waals surface area contributed by atoms with E-state index in [0.29, 0.717) is 19.6 Å². The van der Waals surface area contributed by atoms with Gasteiger partial charge in [0.1, 0.15) is 13.6 Å². The van der Waals surface area contributed by atoms with E-state index in [1.165, 1.54) is 70.6 Å². The number of rotatable bonds is 25. The molecule has 6 heteroatoms. The van der Waals surface area contributed by atoms with Gasteiger partial charge in [0.15, 0.2) is 0 Å². The predicted octanol–water partition coefficient (Wildman–Crippen LogP) is 7.32. The Hall–Kier alpha value is -0.500. The molecular weight excluding hydrogens is 456 g/mol. The molecule has 1 saturated heterocycles. The highest BCUT2D eigenvalue weighted by molar-refractivity contribution is 4.85. The van der Waals surface area contributed by atoms with Crippen LogP contribution in [0.2, 0.25) is 0 Å². The largest absolute Gasteiger partial charge is 0.393 e. The first-order valence-corrected chi connectivity index (χ1v) is 14.8. The first-order chi connectivity index (χ1) is 17.7. The van der Waals surface area contributed by atoms with E-state index in [4.69, 9.17) is 23.7 Å². The van der Waals surface area contributed by atoms with Crippen molar-refractivity contribution >= 4 is 0 Å². The van der Waals surface area contributed by atoms with Crippen LogP contribution in [0.4, 0.5) is 0 Å². The van der Waals surface area contributed by atoms with Gasteiger partial charge in [-0.2, -0.15) is 0 Å². The molecule has 1 aliphatic heterocycles. The van der Waals surface area contributed by atoms with E-state index in [2.05, 4.69) is 13.5 Å². The molecule has 1 rings (SSSR count). The second kappa shape index (κ2) is 23.6. The third kappa shape index (κ3) is 16.4. The van der Waals surface area contributed by atoms with Crippen molar-refractivity contribution in [2.75, 3.05) is 27.8 Å². The highest BCUT2D eigenvalue weighted by Gasteiger charge is 2.36. The summed E-state index contributed by atoms with van der Waals surface area (Å²) in [4.78, 5) is 0. The number of hydrogen-bond acceptors (Lipinski definition) is 6. The summed E-state index contributed by atoms with van der Waals surface area (Å²) >= 11 is 0. The molecule has 1 N–H and O–H groups in total. The van der Waals surface area contributed by atoms with Crippen LogP contribution in [0.3, 0.4) is 0 Å². The Morgan fingerprint density at radius 2 is 1.47 bits per heavy atom. The highest BCUT2D eigenvalue weighted by Crippen LogP contribution is 2.30. The molecule has 0 aliphatic carbocycles. The molecular formula is C30H58O6. The zero-order valence-corrected chi connectivity index (χ0v) is 23.8. The van der Waals surface area contributed by atoms with Crippen LogP contribution < -0.4 is 0 Å². The summed E-state index contributed by atoms with van der Waals surface area (Å²) in [5.41, 5.74) is 0. The summed E-state index contributed by atoms with van der Waals surface area (Å²) in [7, 11) is 3.30. The van der Waals surface area contributed by atoms with Gasteiger partial charge in [0.05, 0.1) is 30.5 Å². The Balaban J connectivity index is 2.40. The maximum Gasteiger partial charge on any atom is 0.146 e. The third-order valence-electron chi connectivity index (χ3n) is 7.28. The van der Waals surface area contributed by atoms with Crippen LogP contribution in [0.5, 0.6) is 0 Å². The summed E-state index contributed by atoms with van der Waals surface area (Å²) in [5.74, 6) is 0. The van der Waals surface area contributed by atoms with E-state index >= 15 is 0 Å². The summed E-state index contributed by atoms with van der Waals surface area (Å²) < 4.78 is 28.9. The van der Waals surface area contributed by atoms with Gasteiger partial charge >= 0.3 is 0 Å². The van der Waals surface area contributed by atoms with Gasteiger partial charge in [0.25, 0.3) is 0 Å². The molecule has 0 unspecified atom stereocenters. The molecule has 0 amide bonds. The molecule has 1 aliphatic rings. The number of ether oxygens (including phenoxy) is 5. The van der Waals surface area contributed by atoms with Crippen LogP contribution in [0.25, 0.3) is 0 Å². The van der Waals surface area contributed by atoms with Crippen LogP contribution in [0.15, 0.2) is 12.7 Å². The molecule has 0 aromatic heterocycles. The molecule has 0 saturated carbocycles. The standard InChI is InChI=1S/C30H58O6/c1-5-7-8-9-10-11-12-13-14-15-16-17-19-29-28(35-25-33-4)22-23-30(36-29)27(34-24-32-3)21-20-26(31)18-6-2/h6,26-31H,2,5,7-25H2,1,3-4H3/t26-,27+,28+,29+,30+/m0/s1. The van der Waals surface area contributed by atoms with E-state index in [-0.39, 0.29) is 31.2 Å². The minimum Gasteiger partial charge on any atom is -0.393 e. The molecule has 36 heavy (non-hydrogen) atoms. The fourth-order valence-electron chi connectivity index (χ4n) is 5.15. The van der Waals surface area contributed by atoms with E-state index in [1.54, 1.807) is 20.3 Å². The minimum atomic E-state index is -0.394. The summed E-state index contributed by atoms with van der Waals surface area (Å²) in [5, 5.41) is 10.2. The van der Waals surface area contributed by atoms with Gasteiger partial charge in [0, 0.05) is 14.2 Å². The number of unbranched alkanes of at least 4 members (excludes halogenated alkanes) is 11. The first-order valence-electron chi connectivity index (χ1n) is 14.8. The van der Waals surface area contributed by atoms with Crippen molar-refractivity contribution in [2.24, 2.45) is 0 Å². The average molecular weight is 515 g/mol. The van der Waals surface area contributed by atoms with Crippen molar-refractivity contribution in [2.45, 2.75) is 153 Å². The first kappa shape index (κ1) is 33.5. The van der Waals surface area contributed by atoms with E-state index in [0.717, 1.165) is 32.1 Å². The lowest BCUT2D eigenvalue weighted by Gasteiger charge is -2.39. The smallest absolute Gasteiger partial charge is 0.146 e. The van der Waals surface area contributed by atoms with E-state index in [9.17, 15) is 5.11 Å². The van der Waals surface area contributed by atoms with Crippen LogP contribution in [0, 0.1) is 0 Å². The fraction of sp³-hybridized carbons (Fsp3) is 0.933. The lowest BCUT2D eigenvalue weighted by atomic mass is 9.92. The zero-order valence-electron chi connectivity index (χ0n) is 23.8. The van der Waals surface area contributed by atoms with Crippen LogP contribution in [0.1, 0.15) is 122 Å². The number of hydrogen-bond donors (Lipinski definition) is 1. The zero-order chi connectivity index (χ0) is 26.3. The summed E-state index contributed by atoms with van der Waals surface area (Å²) in [6.07, 6.45) is 22.3. The molecule has 0 radical (unpaired) electrons. The SMILES string of the molecule is C=CC[C@H](O)CC[C@@H](OCOC)[C@H]1CC[C@@H](OCOC)[C@@H](CCCCCCCCCCCCCC)O1. The Morgan fingerprint density at radius 3 is 2.06 bits per heavy atom.